The number of nitrogens with zero attached hydrogens (tertiary/aromatic N) is 2. The van der Waals surface area contributed by atoms with Crippen molar-refractivity contribution in [1.82, 2.24) is 20.4 Å². The molecule has 0 aromatic heterocycles. The fraction of sp³-hybridized carbons (Fsp3) is 0.478. The van der Waals surface area contributed by atoms with Crippen LogP contribution in [0.2, 0.25) is 0 Å². The first kappa shape index (κ1) is 22.5. The molecular formula is C23H31ClN4O2. The third kappa shape index (κ3) is 5.72. The number of halogens is 1. The summed E-state index contributed by atoms with van der Waals surface area (Å²) in [6.07, 6.45) is 2.59. The summed E-state index contributed by atoms with van der Waals surface area (Å²) in [6.45, 7) is 5.97. The number of piperidine rings is 1. The summed E-state index contributed by atoms with van der Waals surface area (Å²) in [6, 6.07) is 14.1. The fourth-order valence-corrected chi connectivity index (χ4v) is 4.30. The lowest BCUT2D eigenvalue weighted by atomic mass is 10.0. The van der Waals surface area contributed by atoms with Crippen LogP contribution in [0.15, 0.2) is 42.5 Å². The number of amides is 2. The highest BCUT2D eigenvalue weighted by atomic mass is 35.5. The van der Waals surface area contributed by atoms with Gasteiger partial charge in [-0.15, -0.1) is 12.4 Å². The zero-order valence-electron chi connectivity index (χ0n) is 17.3. The molecule has 2 aliphatic heterocycles. The minimum atomic E-state index is -0.0144. The molecule has 4 rings (SSSR count). The Balaban J connectivity index is 0.00000256. The molecule has 6 nitrogen and oxygen atoms in total. The van der Waals surface area contributed by atoms with Gasteiger partial charge >= 0.3 is 0 Å². The van der Waals surface area contributed by atoms with Crippen molar-refractivity contribution in [3.8, 4) is 0 Å². The molecular weight excluding hydrogens is 400 g/mol. The number of hydrogen-bond acceptors (Lipinski definition) is 4. The number of benzene rings is 2. The average Bonchev–Trinajstić information content (AvgIpc) is 2.78. The highest BCUT2D eigenvalue weighted by Crippen LogP contribution is 2.17. The molecule has 2 aliphatic rings. The SMILES string of the molecule is Cl.O=C(NC1CCCN(CCC(=O)N2CCNCC2)C1)c1ccc2ccccc2c1. The summed E-state index contributed by atoms with van der Waals surface area (Å²) in [5.74, 6) is 0.230. The van der Waals surface area contributed by atoms with Crippen LogP contribution in [0, 0.1) is 0 Å². The first-order valence-corrected chi connectivity index (χ1v) is 10.7. The van der Waals surface area contributed by atoms with Gasteiger partial charge in [0, 0.05) is 57.3 Å². The number of carbonyl (C=O) groups excluding carboxylic acids is 2. The van der Waals surface area contributed by atoms with Crippen molar-refractivity contribution in [3.63, 3.8) is 0 Å². The summed E-state index contributed by atoms with van der Waals surface area (Å²) >= 11 is 0. The molecule has 0 saturated carbocycles. The molecule has 7 heteroatoms. The summed E-state index contributed by atoms with van der Waals surface area (Å²) in [5, 5.41) is 8.70. The topological polar surface area (TPSA) is 64.7 Å². The maximum atomic E-state index is 12.7. The molecule has 2 fully saturated rings. The van der Waals surface area contributed by atoms with Crippen LogP contribution in [0.4, 0.5) is 0 Å². The Hall–Kier alpha value is -2.15. The average molecular weight is 431 g/mol. The van der Waals surface area contributed by atoms with E-state index in [1.807, 2.05) is 41.3 Å². The summed E-state index contributed by atoms with van der Waals surface area (Å²) in [4.78, 5) is 29.4. The third-order valence-electron chi connectivity index (χ3n) is 5.96. The van der Waals surface area contributed by atoms with E-state index in [0.717, 1.165) is 69.4 Å². The quantitative estimate of drug-likeness (QED) is 0.763. The molecule has 2 saturated heterocycles. The summed E-state index contributed by atoms with van der Waals surface area (Å²) in [5.41, 5.74) is 0.703. The van der Waals surface area contributed by atoms with E-state index >= 15 is 0 Å². The van der Waals surface area contributed by atoms with E-state index in [4.69, 9.17) is 0 Å². The highest BCUT2D eigenvalue weighted by molar-refractivity contribution is 5.98. The lowest BCUT2D eigenvalue weighted by molar-refractivity contribution is -0.132. The Labute approximate surface area is 184 Å². The Bertz CT molecular complexity index is 869. The number of rotatable bonds is 5. The molecule has 0 radical (unpaired) electrons. The fourth-order valence-electron chi connectivity index (χ4n) is 4.30. The lowest BCUT2D eigenvalue weighted by Crippen LogP contribution is -2.49. The minimum Gasteiger partial charge on any atom is -0.348 e. The molecule has 2 N–H and O–H groups in total. The molecule has 0 bridgehead atoms. The first-order valence-electron chi connectivity index (χ1n) is 10.7. The molecule has 2 amide bonds. The largest absolute Gasteiger partial charge is 0.348 e. The molecule has 2 aromatic rings. The predicted octanol–water partition coefficient (Wildman–Crippen LogP) is 2.28. The van der Waals surface area contributed by atoms with Crippen molar-refractivity contribution in [3.05, 3.63) is 48.0 Å². The second-order valence-electron chi connectivity index (χ2n) is 8.06. The Morgan fingerprint density at radius 1 is 1.03 bits per heavy atom. The number of fused-ring (bicyclic) bond motifs is 1. The first-order chi connectivity index (χ1) is 14.2. The van der Waals surface area contributed by atoms with Crippen LogP contribution < -0.4 is 10.6 Å². The van der Waals surface area contributed by atoms with Crippen molar-refractivity contribution in [2.75, 3.05) is 45.8 Å². The van der Waals surface area contributed by atoms with Gasteiger partial charge in [0.05, 0.1) is 0 Å². The number of piperazine rings is 1. The van der Waals surface area contributed by atoms with Gasteiger partial charge in [-0.25, -0.2) is 0 Å². The molecule has 0 aliphatic carbocycles. The number of carbonyl (C=O) groups is 2. The van der Waals surface area contributed by atoms with E-state index in [1.165, 1.54) is 0 Å². The van der Waals surface area contributed by atoms with Crippen molar-refractivity contribution in [2.45, 2.75) is 25.3 Å². The van der Waals surface area contributed by atoms with Gasteiger partial charge < -0.3 is 20.4 Å². The van der Waals surface area contributed by atoms with Gasteiger partial charge in [-0.05, 0) is 42.3 Å². The molecule has 0 spiro atoms. The number of likely N-dealkylation sites (tertiary alicyclic amines) is 1. The van der Waals surface area contributed by atoms with Gasteiger partial charge in [0.2, 0.25) is 5.91 Å². The Kier molecular flexibility index (Phi) is 8.08. The standard InChI is InChI=1S/C23H30N4O2.ClH/c28-22(27-14-10-24-11-15-27)9-13-26-12-3-6-21(17-26)25-23(29)20-8-7-18-4-1-2-5-19(18)16-20;/h1-2,4-5,7-8,16,21,24H,3,6,9-15,17H2,(H,25,29);1H. The van der Waals surface area contributed by atoms with E-state index in [9.17, 15) is 9.59 Å². The second-order valence-corrected chi connectivity index (χ2v) is 8.06. The van der Waals surface area contributed by atoms with Gasteiger partial charge in [0.1, 0.15) is 0 Å². The molecule has 162 valence electrons. The summed E-state index contributed by atoms with van der Waals surface area (Å²) in [7, 11) is 0. The van der Waals surface area contributed by atoms with Gasteiger partial charge in [-0.2, -0.15) is 0 Å². The van der Waals surface area contributed by atoms with Crippen LogP contribution in [0.1, 0.15) is 29.6 Å². The molecule has 2 aromatic carbocycles. The zero-order chi connectivity index (χ0) is 20.1. The zero-order valence-corrected chi connectivity index (χ0v) is 18.1. The number of nitrogens with one attached hydrogen (secondary N) is 2. The van der Waals surface area contributed by atoms with E-state index < -0.39 is 0 Å². The molecule has 2 heterocycles. The predicted molar refractivity (Wildman–Crippen MR) is 122 cm³/mol. The van der Waals surface area contributed by atoms with E-state index in [-0.39, 0.29) is 30.3 Å². The van der Waals surface area contributed by atoms with Crippen LogP contribution in [-0.4, -0.2) is 73.5 Å². The van der Waals surface area contributed by atoms with Crippen molar-refractivity contribution in [1.29, 1.82) is 0 Å². The van der Waals surface area contributed by atoms with Crippen molar-refractivity contribution >= 4 is 35.0 Å². The maximum absolute atomic E-state index is 12.7. The second kappa shape index (κ2) is 10.8. The molecule has 1 atom stereocenters. The third-order valence-corrected chi connectivity index (χ3v) is 5.96. The van der Waals surface area contributed by atoms with Crippen LogP contribution >= 0.6 is 12.4 Å². The minimum absolute atomic E-state index is 0. The van der Waals surface area contributed by atoms with Gasteiger partial charge in [-0.1, -0.05) is 30.3 Å². The lowest BCUT2D eigenvalue weighted by Gasteiger charge is -2.34. The molecule has 1 unspecified atom stereocenters. The van der Waals surface area contributed by atoms with Crippen LogP contribution in [0.5, 0.6) is 0 Å². The van der Waals surface area contributed by atoms with Gasteiger partial charge in [-0.3, -0.25) is 9.59 Å². The van der Waals surface area contributed by atoms with E-state index in [1.54, 1.807) is 0 Å². The Morgan fingerprint density at radius 2 is 1.80 bits per heavy atom. The Morgan fingerprint density at radius 3 is 2.60 bits per heavy atom. The smallest absolute Gasteiger partial charge is 0.251 e. The van der Waals surface area contributed by atoms with Crippen molar-refractivity contribution in [2.24, 2.45) is 0 Å². The normalized spacial score (nSPS) is 19.9. The van der Waals surface area contributed by atoms with Crippen LogP contribution in [-0.2, 0) is 4.79 Å². The van der Waals surface area contributed by atoms with Gasteiger partial charge in [0.25, 0.3) is 5.91 Å². The highest BCUT2D eigenvalue weighted by Gasteiger charge is 2.23. The molecule has 30 heavy (non-hydrogen) atoms. The van der Waals surface area contributed by atoms with E-state index in [2.05, 4.69) is 21.6 Å². The van der Waals surface area contributed by atoms with Crippen LogP contribution in [0.25, 0.3) is 10.8 Å². The number of hydrogen-bond donors (Lipinski definition) is 2. The maximum Gasteiger partial charge on any atom is 0.251 e. The van der Waals surface area contributed by atoms with Crippen LogP contribution in [0.3, 0.4) is 0 Å². The monoisotopic (exact) mass is 430 g/mol. The van der Waals surface area contributed by atoms with E-state index in [0.29, 0.717) is 12.0 Å². The van der Waals surface area contributed by atoms with Crippen molar-refractivity contribution < 1.29 is 9.59 Å². The van der Waals surface area contributed by atoms with Gasteiger partial charge in [0.15, 0.2) is 0 Å². The summed E-state index contributed by atoms with van der Waals surface area (Å²) < 4.78 is 0.